The number of aliphatic hydroxyl groups excluding tert-OH is 1. The predicted octanol–water partition coefficient (Wildman–Crippen LogP) is -0.114. The number of hydrogen-bond donors (Lipinski definition) is 2. The van der Waals surface area contributed by atoms with Crippen molar-refractivity contribution in [3.05, 3.63) is 29.8 Å². The summed E-state index contributed by atoms with van der Waals surface area (Å²) in [5.74, 6) is -0.417. The number of carbonyl (C=O) groups is 1. The van der Waals surface area contributed by atoms with Crippen LogP contribution in [0.3, 0.4) is 0 Å². The van der Waals surface area contributed by atoms with Crippen LogP contribution >= 0.6 is 0 Å². The highest BCUT2D eigenvalue weighted by Crippen LogP contribution is 2.15. The van der Waals surface area contributed by atoms with Crippen molar-refractivity contribution in [1.29, 1.82) is 0 Å². The van der Waals surface area contributed by atoms with E-state index in [-0.39, 0.29) is 18.0 Å². The van der Waals surface area contributed by atoms with Gasteiger partial charge >= 0.3 is 5.97 Å². The van der Waals surface area contributed by atoms with Crippen molar-refractivity contribution in [1.82, 2.24) is 5.32 Å². The fourth-order valence-electron chi connectivity index (χ4n) is 1.44. The fraction of sp³-hybridized carbons (Fsp3) is 0.417. The van der Waals surface area contributed by atoms with Gasteiger partial charge < -0.3 is 15.2 Å². The molecule has 0 heterocycles. The summed E-state index contributed by atoms with van der Waals surface area (Å²) in [6.45, 7) is 0.183. The largest absolute Gasteiger partial charge is 0.468 e. The third-order valence-corrected chi connectivity index (χ3v) is 3.66. The number of aliphatic hydroxyl groups is 1. The van der Waals surface area contributed by atoms with Gasteiger partial charge in [0.1, 0.15) is 0 Å². The smallest absolute Gasteiger partial charge is 0.319 e. The Kier molecular flexibility index (Phi) is 5.46. The van der Waals surface area contributed by atoms with Gasteiger partial charge in [-0.2, -0.15) is 0 Å². The van der Waals surface area contributed by atoms with Gasteiger partial charge in [-0.1, -0.05) is 12.1 Å². The monoisotopic (exact) mass is 287 g/mol. The predicted molar refractivity (Wildman–Crippen MR) is 69.4 cm³/mol. The lowest BCUT2D eigenvalue weighted by Crippen LogP contribution is -2.28. The van der Waals surface area contributed by atoms with Gasteiger partial charge in [0.05, 0.1) is 24.7 Å². The van der Waals surface area contributed by atoms with Gasteiger partial charge in [0.25, 0.3) is 0 Å². The van der Waals surface area contributed by atoms with Crippen LogP contribution in [0.5, 0.6) is 0 Å². The molecule has 0 aliphatic heterocycles. The van der Waals surface area contributed by atoms with Crippen LogP contribution in [0.15, 0.2) is 29.2 Å². The molecule has 0 bridgehead atoms. The number of benzene rings is 1. The maximum Gasteiger partial charge on any atom is 0.319 e. The van der Waals surface area contributed by atoms with Crippen LogP contribution in [0.4, 0.5) is 0 Å². The van der Waals surface area contributed by atoms with E-state index in [9.17, 15) is 18.3 Å². The third-order valence-electron chi connectivity index (χ3n) is 2.53. The van der Waals surface area contributed by atoms with Crippen molar-refractivity contribution in [2.75, 3.05) is 26.5 Å². The maximum absolute atomic E-state index is 11.3. The Morgan fingerprint density at radius 1 is 1.37 bits per heavy atom. The summed E-state index contributed by atoms with van der Waals surface area (Å²) in [5.41, 5.74) is 0.574. The van der Waals surface area contributed by atoms with Gasteiger partial charge in [-0.05, 0) is 17.7 Å². The molecule has 7 heteroatoms. The number of carbonyl (C=O) groups excluding carboxylic acids is 1. The summed E-state index contributed by atoms with van der Waals surface area (Å²) in [5, 5.41) is 12.6. The van der Waals surface area contributed by atoms with Crippen molar-refractivity contribution in [3.63, 3.8) is 0 Å². The molecule has 0 aliphatic rings. The molecule has 0 saturated heterocycles. The molecule has 0 radical (unpaired) electrons. The molecular weight excluding hydrogens is 270 g/mol. The molecule has 1 unspecified atom stereocenters. The minimum absolute atomic E-state index is 0.00891. The van der Waals surface area contributed by atoms with Gasteiger partial charge in [-0.15, -0.1) is 0 Å². The van der Waals surface area contributed by atoms with E-state index in [0.29, 0.717) is 5.56 Å². The number of nitrogens with one attached hydrogen (secondary N) is 1. The molecule has 0 amide bonds. The number of esters is 1. The van der Waals surface area contributed by atoms with Crippen LogP contribution in [0.1, 0.15) is 11.7 Å². The van der Waals surface area contributed by atoms with E-state index >= 15 is 0 Å². The van der Waals surface area contributed by atoms with Crippen molar-refractivity contribution >= 4 is 15.8 Å². The number of methoxy groups -OCH3 is 1. The molecule has 1 rings (SSSR count). The number of hydrogen-bond acceptors (Lipinski definition) is 6. The van der Waals surface area contributed by atoms with Crippen LogP contribution in [0, 0.1) is 0 Å². The first-order chi connectivity index (χ1) is 8.84. The zero-order chi connectivity index (χ0) is 14.5. The summed E-state index contributed by atoms with van der Waals surface area (Å²) in [6, 6.07) is 5.96. The molecule has 0 saturated carbocycles. The Morgan fingerprint density at radius 3 is 2.42 bits per heavy atom. The molecule has 0 spiro atoms. The molecule has 1 aromatic carbocycles. The summed E-state index contributed by atoms with van der Waals surface area (Å²) in [6.07, 6.45) is 0.300. The van der Waals surface area contributed by atoms with Crippen molar-refractivity contribution in [2.24, 2.45) is 0 Å². The highest BCUT2D eigenvalue weighted by Gasteiger charge is 2.11. The summed E-state index contributed by atoms with van der Waals surface area (Å²) < 4.78 is 27.0. The Morgan fingerprint density at radius 2 is 1.95 bits per heavy atom. The first-order valence-electron chi connectivity index (χ1n) is 5.60. The number of sulfone groups is 1. The second-order valence-corrected chi connectivity index (χ2v) is 6.08. The molecule has 0 aliphatic carbocycles. The zero-order valence-electron chi connectivity index (χ0n) is 10.8. The second kappa shape index (κ2) is 6.65. The first-order valence-corrected chi connectivity index (χ1v) is 7.49. The van der Waals surface area contributed by atoms with Crippen LogP contribution < -0.4 is 5.32 Å². The standard InChI is InChI=1S/C12H17NO5S/c1-18-12(15)8-13-7-11(14)9-3-5-10(6-4-9)19(2,16)17/h3-6,11,13-14H,7-8H2,1-2H3. The Labute approximate surface area is 112 Å². The van der Waals surface area contributed by atoms with E-state index < -0.39 is 21.9 Å². The van der Waals surface area contributed by atoms with Crippen LogP contribution in [-0.4, -0.2) is 45.9 Å². The summed E-state index contributed by atoms with van der Waals surface area (Å²) in [4.78, 5) is 11.1. The molecule has 19 heavy (non-hydrogen) atoms. The molecule has 0 aromatic heterocycles. The lowest BCUT2D eigenvalue weighted by Gasteiger charge is -2.12. The molecular formula is C12H17NO5S. The Bertz CT molecular complexity index is 524. The SMILES string of the molecule is COC(=O)CNCC(O)c1ccc(S(C)(=O)=O)cc1. The number of ether oxygens (including phenoxy) is 1. The summed E-state index contributed by atoms with van der Waals surface area (Å²) >= 11 is 0. The fourth-order valence-corrected chi connectivity index (χ4v) is 2.07. The molecule has 106 valence electrons. The van der Waals surface area contributed by atoms with Crippen molar-refractivity contribution in [2.45, 2.75) is 11.0 Å². The van der Waals surface area contributed by atoms with E-state index in [1.165, 1.54) is 19.2 Å². The zero-order valence-corrected chi connectivity index (χ0v) is 11.6. The second-order valence-electron chi connectivity index (χ2n) is 4.06. The molecule has 1 aromatic rings. The first kappa shape index (κ1) is 15.6. The normalized spacial score (nSPS) is 13.0. The van der Waals surface area contributed by atoms with E-state index in [4.69, 9.17) is 0 Å². The molecule has 6 nitrogen and oxygen atoms in total. The lowest BCUT2D eigenvalue weighted by atomic mass is 10.1. The van der Waals surface area contributed by atoms with Gasteiger partial charge in [-0.25, -0.2) is 8.42 Å². The molecule has 2 N–H and O–H groups in total. The minimum Gasteiger partial charge on any atom is -0.468 e. The van der Waals surface area contributed by atoms with Gasteiger partial charge in [0.2, 0.25) is 0 Å². The Balaban J connectivity index is 2.58. The van der Waals surface area contributed by atoms with Gasteiger partial charge in [0.15, 0.2) is 9.84 Å². The number of rotatable bonds is 6. The minimum atomic E-state index is -3.24. The average molecular weight is 287 g/mol. The molecule has 1 atom stereocenters. The van der Waals surface area contributed by atoms with E-state index in [2.05, 4.69) is 10.1 Å². The lowest BCUT2D eigenvalue weighted by molar-refractivity contribution is -0.139. The summed E-state index contributed by atoms with van der Waals surface area (Å²) in [7, 11) is -1.95. The topological polar surface area (TPSA) is 92.7 Å². The maximum atomic E-state index is 11.3. The van der Waals surface area contributed by atoms with Crippen molar-refractivity contribution in [3.8, 4) is 0 Å². The van der Waals surface area contributed by atoms with Gasteiger partial charge in [0, 0.05) is 12.8 Å². The Hall–Kier alpha value is -1.44. The van der Waals surface area contributed by atoms with Crippen LogP contribution in [0.25, 0.3) is 0 Å². The van der Waals surface area contributed by atoms with Crippen LogP contribution in [-0.2, 0) is 19.4 Å². The van der Waals surface area contributed by atoms with E-state index in [1.807, 2.05) is 0 Å². The van der Waals surface area contributed by atoms with Crippen molar-refractivity contribution < 1.29 is 23.1 Å². The van der Waals surface area contributed by atoms with E-state index in [1.54, 1.807) is 12.1 Å². The molecule has 0 fully saturated rings. The quantitative estimate of drug-likeness (QED) is 0.709. The van der Waals surface area contributed by atoms with Gasteiger partial charge in [-0.3, -0.25) is 4.79 Å². The highest BCUT2D eigenvalue weighted by molar-refractivity contribution is 7.90. The van der Waals surface area contributed by atoms with E-state index in [0.717, 1.165) is 6.26 Å². The average Bonchev–Trinajstić information content (AvgIpc) is 2.37. The third kappa shape index (κ3) is 4.98. The van der Waals surface area contributed by atoms with Crippen LogP contribution in [0.2, 0.25) is 0 Å². The highest BCUT2D eigenvalue weighted by atomic mass is 32.2.